The first-order chi connectivity index (χ1) is 55.7. The highest BCUT2D eigenvalue weighted by molar-refractivity contribution is 6.26. The predicted molar refractivity (Wildman–Crippen MR) is 483 cm³/mol. The van der Waals surface area contributed by atoms with E-state index in [0.717, 1.165) is 0 Å². The van der Waals surface area contributed by atoms with E-state index in [0.29, 0.717) is 0 Å². The molecule has 0 aliphatic heterocycles. The number of hydrogen-bond donors (Lipinski definition) is 0. The third-order valence-electron chi connectivity index (χ3n) is 22.8. The Morgan fingerprint density at radius 2 is 0.348 bits per heavy atom. The fourth-order valence-corrected chi connectivity index (χ4v) is 17.9. The average Bonchev–Trinajstić information content (AvgIpc) is 0.738. The van der Waals surface area contributed by atoms with Crippen LogP contribution in [-0.2, 0) is 0 Å². The van der Waals surface area contributed by atoms with E-state index in [-0.39, 0.29) is 0 Å². The van der Waals surface area contributed by atoms with Crippen LogP contribution < -0.4 is 0 Å². The van der Waals surface area contributed by atoms with Crippen LogP contribution in [0.2, 0.25) is 0 Å². The molecule has 22 aromatic carbocycles. The topological polar surface area (TPSA) is 0 Å². The van der Waals surface area contributed by atoms with Gasteiger partial charge in [0.25, 0.3) is 0 Å². The average molecular weight is 1420 g/mol. The zero-order valence-electron chi connectivity index (χ0n) is 61.7. The monoisotopic (exact) mass is 1420 g/mol. The highest BCUT2D eigenvalue weighted by atomic mass is 14.3. The van der Waals surface area contributed by atoms with E-state index in [9.17, 15) is 0 Å². The summed E-state index contributed by atoms with van der Waals surface area (Å²) < 4.78 is 0. The van der Waals surface area contributed by atoms with E-state index < -0.39 is 0 Å². The van der Waals surface area contributed by atoms with Gasteiger partial charge in [-0.2, -0.15) is 0 Å². The van der Waals surface area contributed by atoms with Crippen molar-refractivity contribution in [3.05, 3.63) is 449 Å². The lowest BCUT2D eigenvalue weighted by molar-refractivity contribution is 1.62. The lowest BCUT2D eigenvalue weighted by atomic mass is 9.83. The van der Waals surface area contributed by atoms with Crippen molar-refractivity contribution in [2.24, 2.45) is 0 Å². The summed E-state index contributed by atoms with van der Waals surface area (Å²) >= 11 is 0. The van der Waals surface area contributed by atoms with Crippen LogP contribution in [0.4, 0.5) is 0 Å². The van der Waals surface area contributed by atoms with Crippen molar-refractivity contribution in [2.45, 2.75) is 0 Å². The fraction of sp³-hybridized carbons (Fsp3) is 0. The maximum atomic E-state index is 2.37. The quantitative estimate of drug-likeness (QED) is 0.0998. The number of rotatable bonds is 9. The summed E-state index contributed by atoms with van der Waals surface area (Å²) in [4.78, 5) is 0. The number of benzene rings is 22. The van der Waals surface area contributed by atoms with Crippen LogP contribution in [0.3, 0.4) is 0 Å². The van der Waals surface area contributed by atoms with Gasteiger partial charge < -0.3 is 0 Å². The van der Waals surface area contributed by atoms with Gasteiger partial charge in [0.2, 0.25) is 0 Å². The molecule has 0 saturated carbocycles. The molecule has 522 valence electrons. The third kappa shape index (κ3) is 11.9. The zero-order valence-corrected chi connectivity index (χ0v) is 61.7. The predicted octanol–water partition coefficient (Wildman–Crippen LogP) is 31.6. The van der Waals surface area contributed by atoms with Gasteiger partial charge in [0.05, 0.1) is 0 Å². The lowest BCUT2D eigenvalue weighted by Gasteiger charge is -2.20. The molecular weight excluding hydrogens is 1350 g/mol. The third-order valence-corrected chi connectivity index (χ3v) is 22.8. The second kappa shape index (κ2) is 29.2. The van der Waals surface area contributed by atoms with Crippen molar-refractivity contribution in [1.82, 2.24) is 0 Å². The molecule has 0 bridgehead atoms. The second-order valence-electron chi connectivity index (χ2n) is 29.0. The summed E-state index contributed by atoms with van der Waals surface area (Å²) in [6.45, 7) is 0. The molecule has 0 atom stereocenters. The van der Waals surface area contributed by atoms with Gasteiger partial charge >= 0.3 is 0 Å². The largest absolute Gasteiger partial charge is 0.0622 e. The van der Waals surface area contributed by atoms with Gasteiger partial charge in [-0.15, -0.1) is 0 Å². The molecule has 0 aliphatic carbocycles. The molecule has 22 aromatic rings. The molecular formula is C112H74. The van der Waals surface area contributed by atoms with Gasteiger partial charge in [0.1, 0.15) is 0 Å². The molecule has 0 heterocycles. The minimum absolute atomic E-state index is 1.24. The summed E-state index contributed by atoms with van der Waals surface area (Å²) in [5.41, 5.74) is 22.9. The molecule has 0 nitrogen and oxygen atoms in total. The Kier molecular flexibility index (Phi) is 17.4. The molecule has 0 aromatic heterocycles. The Morgan fingerprint density at radius 1 is 0.0893 bits per heavy atom. The highest BCUT2D eigenvalue weighted by Crippen LogP contribution is 2.51. The summed E-state index contributed by atoms with van der Waals surface area (Å²) in [7, 11) is 0. The van der Waals surface area contributed by atoms with Gasteiger partial charge in [0, 0.05) is 0 Å². The van der Waals surface area contributed by atoms with E-state index in [2.05, 4.69) is 449 Å². The van der Waals surface area contributed by atoms with Crippen LogP contribution >= 0.6 is 0 Å². The first-order valence-electron chi connectivity index (χ1n) is 38.8. The van der Waals surface area contributed by atoms with Crippen molar-refractivity contribution in [1.29, 1.82) is 0 Å². The zero-order chi connectivity index (χ0) is 74.3. The smallest absolute Gasteiger partial charge is 0.00201 e. The molecule has 0 N–H and O–H groups in total. The molecule has 0 spiro atoms. The summed E-state index contributed by atoms with van der Waals surface area (Å²) in [5, 5.41) is 25.6. The van der Waals surface area contributed by atoms with Crippen molar-refractivity contribution < 1.29 is 0 Å². The molecule has 0 fully saturated rings. The van der Waals surface area contributed by atoms with E-state index in [4.69, 9.17) is 0 Å². The van der Waals surface area contributed by atoms with E-state index >= 15 is 0 Å². The van der Waals surface area contributed by atoms with E-state index in [1.165, 1.54) is 208 Å². The van der Waals surface area contributed by atoms with Gasteiger partial charge in [-0.25, -0.2) is 0 Å². The minimum atomic E-state index is 1.24. The normalized spacial score (nSPS) is 11.4. The molecule has 112 heavy (non-hydrogen) atoms. The standard InChI is InChI=1S/C40H26.2C36H24/c1-2-14-27(15-3-1)39-34-22-10-12-24-36(34)40(37-25-13-11-23-35(37)39)33-21-9-8-20-32(33)38-26-28-16-4-5-17-29(28)30-18-6-7-19-31(30)38;1-2-14-26(15-3-1)35-31-20-8-10-22-33(31)36(34-23-11-9-21-32(34)35)30-19-7-6-18-29(30)28-24-12-16-25-13-4-5-17-27(25)28;1-2-13-26(14-3-1)35-31-18-8-10-20-33(31)36(34-21-11-9-19-32(34)35)30-17-7-6-16-29(30)28-23-22-25-12-4-5-15-27(25)24-28/h1-26H;2*1-24H. The van der Waals surface area contributed by atoms with Crippen LogP contribution in [0.5, 0.6) is 0 Å². The lowest BCUT2D eigenvalue weighted by Crippen LogP contribution is -1.93. The SMILES string of the molecule is c1ccc(-c2c3ccccc3c(-c3ccccc3-c3cc4ccccc4c4ccccc34)c3ccccc23)cc1.c1ccc(-c2c3ccccc3c(-c3ccccc3-c3ccc4ccccc4c3)c3ccccc23)cc1.c1ccc(-c2c3ccccc3c(-c3ccccc3-c3cccc4ccccc34)c3ccccc23)cc1. The number of hydrogen-bond acceptors (Lipinski definition) is 0. The summed E-state index contributed by atoms with van der Waals surface area (Å²) in [5.74, 6) is 0. The molecule has 22 rings (SSSR count). The molecule has 0 heteroatoms. The van der Waals surface area contributed by atoms with Crippen LogP contribution in [-0.4, -0.2) is 0 Å². The van der Waals surface area contributed by atoms with E-state index in [1.807, 2.05) is 0 Å². The second-order valence-corrected chi connectivity index (χ2v) is 29.0. The Balaban J connectivity index is 0.000000110. The van der Waals surface area contributed by atoms with Crippen LogP contribution in [0.15, 0.2) is 449 Å². The maximum Gasteiger partial charge on any atom is -0.00201 e. The van der Waals surface area contributed by atoms with Crippen LogP contribution in [0.1, 0.15) is 0 Å². The first-order valence-corrected chi connectivity index (χ1v) is 38.8. The summed E-state index contributed by atoms with van der Waals surface area (Å²) in [6.07, 6.45) is 0. The van der Waals surface area contributed by atoms with Gasteiger partial charge in [-0.05, 0) is 220 Å². The van der Waals surface area contributed by atoms with Gasteiger partial charge in [0.15, 0.2) is 0 Å². The maximum absolute atomic E-state index is 2.37. The summed E-state index contributed by atoms with van der Waals surface area (Å²) in [6, 6.07) is 163. The van der Waals surface area contributed by atoms with E-state index in [1.54, 1.807) is 0 Å². The molecule has 0 amide bonds. The van der Waals surface area contributed by atoms with Gasteiger partial charge in [-0.1, -0.05) is 437 Å². The highest BCUT2D eigenvalue weighted by Gasteiger charge is 2.24. The van der Waals surface area contributed by atoms with Crippen molar-refractivity contribution in [2.75, 3.05) is 0 Å². The molecule has 0 saturated heterocycles. The minimum Gasteiger partial charge on any atom is -0.0622 e. The van der Waals surface area contributed by atoms with Crippen molar-refractivity contribution in [3.8, 4) is 100 Å². The van der Waals surface area contributed by atoms with Crippen LogP contribution in [0, 0.1) is 0 Å². The molecule has 0 aliphatic rings. The Morgan fingerprint density at radius 3 is 0.759 bits per heavy atom. The van der Waals surface area contributed by atoms with Crippen LogP contribution in [0.25, 0.3) is 208 Å². The van der Waals surface area contributed by atoms with Gasteiger partial charge in [-0.3, -0.25) is 0 Å². The number of fused-ring (bicyclic) bond motifs is 11. The first kappa shape index (κ1) is 66.8. The molecule has 0 unspecified atom stereocenters. The Labute approximate surface area is 652 Å². The Hall–Kier alpha value is -14.6. The van der Waals surface area contributed by atoms with Crippen molar-refractivity contribution in [3.63, 3.8) is 0 Å². The Bertz CT molecular complexity index is 7170. The fourth-order valence-electron chi connectivity index (χ4n) is 17.9. The molecule has 0 radical (unpaired) electrons. The van der Waals surface area contributed by atoms with Crippen molar-refractivity contribution >= 4 is 108 Å².